The molecule has 0 unspecified atom stereocenters. The van der Waals surface area contributed by atoms with Crippen molar-refractivity contribution in [2.45, 2.75) is 25.8 Å². The predicted octanol–water partition coefficient (Wildman–Crippen LogP) is 3.04. The van der Waals surface area contributed by atoms with E-state index in [1.165, 1.54) is 29.0 Å². The highest BCUT2D eigenvalue weighted by molar-refractivity contribution is 7.20. The van der Waals surface area contributed by atoms with Crippen molar-refractivity contribution >= 4 is 27.3 Å². The zero-order chi connectivity index (χ0) is 14.2. The second kappa shape index (κ2) is 5.00. The highest BCUT2D eigenvalue weighted by Gasteiger charge is 2.19. The highest BCUT2D eigenvalue weighted by Crippen LogP contribution is 2.26. The minimum Gasteiger partial charge on any atom is -0.346 e. The minimum absolute atomic E-state index is 0.0223. The summed E-state index contributed by atoms with van der Waals surface area (Å²) >= 11 is 1.53. The second-order valence-electron chi connectivity index (χ2n) is 5.31. The Balaban J connectivity index is 1.50. The Labute approximate surface area is 126 Å². The molecule has 0 saturated carbocycles. The van der Waals surface area contributed by atoms with Crippen molar-refractivity contribution in [2.75, 3.05) is 0 Å². The average molecular weight is 297 g/mol. The van der Waals surface area contributed by atoms with Crippen LogP contribution in [0.5, 0.6) is 0 Å². The molecule has 4 nitrogen and oxygen atoms in total. The van der Waals surface area contributed by atoms with Gasteiger partial charge in [-0.2, -0.15) is 5.10 Å². The largest absolute Gasteiger partial charge is 0.346 e. The van der Waals surface area contributed by atoms with Gasteiger partial charge in [0.15, 0.2) is 0 Å². The van der Waals surface area contributed by atoms with E-state index in [9.17, 15) is 4.79 Å². The maximum absolute atomic E-state index is 12.3. The molecule has 1 aliphatic carbocycles. The molecule has 106 valence electrons. The molecule has 2 N–H and O–H groups in total. The van der Waals surface area contributed by atoms with E-state index in [2.05, 4.69) is 15.5 Å². The summed E-state index contributed by atoms with van der Waals surface area (Å²) in [5, 5.41) is 11.5. The van der Waals surface area contributed by atoms with E-state index >= 15 is 0 Å². The zero-order valence-corrected chi connectivity index (χ0v) is 12.3. The van der Waals surface area contributed by atoms with Crippen molar-refractivity contribution in [2.24, 2.45) is 0 Å². The average Bonchev–Trinajstić information content (AvgIpc) is 3.19. The fraction of sp³-hybridized carbons (Fsp3) is 0.250. The lowest BCUT2D eigenvalue weighted by Gasteiger charge is -2.02. The van der Waals surface area contributed by atoms with Crippen molar-refractivity contribution in [3.63, 3.8) is 0 Å². The first-order chi connectivity index (χ1) is 10.3. The lowest BCUT2D eigenvalue weighted by atomic mass is 10.2. The number of benzene rings is 1. The first-order valence-corrected chi connectivity index (χ1v) is 7.94. The summed E-state index contributed by atoms with van der Waals surface area (Å²) in [5.74, 6) is -0.0223. The Hall–Kier alpha value is -2.14. The fourth-order valence-electron chi connectivity index (χ4n) is 2.88. The molecule has 21 heavy (non-hydrogen) atoms. The van der Waals surface area contributed by atoms with Crippen molar-refractivity contribution in [3.05, 3.63) is 52.2 Å². The van der Waals surface area contributed by atoms with Crippen LogP contribution in [0.25, 0.3) is 10.1 Å². The first-order valence-electron chi connectivity index (χ1n) is 7.13. The third kappa shape index (κ3) is 2.23. The van der Waals surface area contributed by atoms with Crippen LogP contribution in [-0.4, -0.2) is 16.1 Å². The van der Waals surface area contributed by atoms with Gasteiger partial charge in [-0.25, -0.2) is 0 Å². The van der Waals surface area contributed by atoms with E-state index in [0.29, 0.717) is 6.54 Å². The van der Waals surface area contributed by atoms with Gasteiger partial charge in [0.2, 0.25) is 0 Å². The SMILES string of the molecule is O=C(NCc1n[nH]c2c1CCC2)c1cc2ccccc2s1. The number of H-pyrrole nitrogens is 1. The van der Waals surface area contributed by atoms with E-state index in [0.717, 1.165) is 33.5 Å². The first kappa shape index (κ1) is 12.6. The molecule has 4 rings (SSSR count). The van der Waals surface area contributed by atoms with Crippen LogP contribution < -0.4 is 5.32 Å². The van der Waals surface area contributed by atoms with Gasteiger partial charge in [-0.1, -0.05) is 18.2 Å². The van der Waals surface area contributed by atoms with Gasteiger partial charge in [0, 0.05) is 10.4 Å². The Morgan fingerprint density at radius 1 is 1.33 bits per heavy atom. The Morgan fingerprint density at radius 2 is 2.24 bits per heavy atom. The normalized spacial score (nSPS) is 13.5. The summed E-state index contributed by atoms with van der Waals surface area (Å²) in [6, 6.07) is 10.0. The summed E-state index contributed by atoms with van der Waals surface area (Å²) in [4.78, 5) is 13.0. The molecule has 1 aromatic carbocycles. The lowest BCUT2D eigenvalue weighted by Crippen LogP contribution is -2.22. The number of nitrogens with one attached hydrogen (secondary N) is 2. The fourth-order valence-corrected chi connectivity index (χ4v) is 3.86. The summed E-state index contributed by atoms with van der Waals surface area (Å²) in [5.41, 5.74) is 3.52. The molecular weight excluding hydrogens is 282 g/mol. The second-order valence-corrected chi connectivity index (χ2v) is 6.40. The van der Waals surface area contributed by atoms with Crippen LogP contribution in [0.1, 0.15) is 33.0 Å². The number of aromatic amines is 1. The summed E-state index contributed by atoms with van der Waals surface area (Å²) in [6.07, 6.45) is 3.33. The highest BCUT2D eigenvalue weighted by atomic mass is 32.1. The zero-order valence-electron chi connectivity index (χ0n) is 11.5. The van der Waals surface area contributed by atoms with E-state index < -0.39 is 0 Å². The molecule has 1 amide bonds. The molecule has 1 aliphatic rings. The van der Waals surface area contributed by atoms with Gasteiger partial charge in [-0.05, 0) is 42.3 Å². The Kier molecular flexibility index (Phi) is 3.00. The van der Waals surface area contributed by atoms with Crippen LogP contribution >= 0.6 is 11.3 Å². The third-order valence-electron chi connectivity index (χ3n) is 3.96. The van der Waals surface area contributed by atoms with Crippen molar-refractivity contribution in [1.29, 1.82) is 0 Å². The van der Waals surface area contributed by atoms with Gasteiger partial charge in [-0.3, -0.25) is 9.89 Å². The van der Waals surface area contributed by atoms with E-state index in [-0.39, 0.29) is 5.91 Å². The summed E-state index contributed by atoms with van der Waals surface area (Å²) in [7, 11) is 0. The molecular formula is C16H15N3OS. The maximum Gasteiger partial charge on any atom is 0.261 e. The number of thiophene rings is 1. The molecule has 2 heterocycles. The van der Waals surface area contributed by atoms with Crippen LogP contribution in [-0.2, 0) is 19.4 Å². The number of fused-ring (bicyclic) bond motifs is 2. The molecule has 0 aliphatic heterocycles. The number of rotatable bonds is 3. The monoisotopic (exact) mass is 297 g/mol. The number of hydrogen-bond donors (Lipinski definition) is 2. The molecule has 0 atom stereocenters. The number of aryl methyl sites for hydroxylation is 1. The van der Waals surface area contributed by atoms with Crippen LogP contribution in [0.15, 0.2) is 30.3 Å². The Morgan fingerprint density at radius 3 is 3.14 bits per heavy atom. The van der Waals surface area contributed by atoms with E-state index in [4.69, 9.17) is 0 Å². The lowest BCUT2D eigenvalue weighted by molar-refractivity contribution is 0.0954. The number of carbonyl (C=O) groups is 1. The summed E-state index contributed by atoms with van der Waals surface area (Å²) < 4.78 is 1.14. The predicted molar refractivity (Wildman–Crippen MR) is 83.6 cm³/mol. The standard InChI is InChI=1S/C16H15N3OS/c20-16(15-8-10-4-1-2-7-14(10)21-15)17-9-13-11-5-3-6-12(11)18-19-13/h1-2,4,7-8H,3,5-6,9H2,(H,17,20)(H,18,19). The number of carbonyl (C=O) groups excluding carboxylic acids is 1. The smallest absolute Gasteiger partial charge is 0.261 e. The number of amides is 1. The number of hydrogen-bond acceptors (Lipinski definition) is 3. The van der Waals surface area contributed by atoms with Gasteiger partial charge < -0.3 is 5.32 Å². The number of aromatic nitrogens is 2. The third-order valence-corrected chi connectivity index (χ3v) is 5.07. The molecule has 0 fully saturated rings. The molecule has 0 spiro atoms. The maximum atomic E-state index is 12.3. The molecule has 0 saturated heterocycles. The van der Waals surface area contributed by atoms with Crippen LogP contribution in [0, 0.1) is 0 Å². The van der Waals surface area contributed by atoms with Gasteiger partial charge in [-0.15, -0.1) is 11.3 Å². The number of nitrogens with zero attached hydrogens (tertiary/aromatic N) is 1. The van der Waals surface area contributed by atoms with Crippen molar-refractivity contribution in [1.82, 2.24) is 15.5 Å². The van der Waals surface area contributed by atoms with Crippen LogP contribution in [0.2, 0.25) is 0 Å². The van der Waals surface area contributed by atoms with Crippen molar-refractivity contribution < 1.29 is 4.79 Å². The minimum atomic E-state index is -0.0223. The van der Waals surface area contributed by atoms with Gasteiger partial charge >= 0.3 is 0 Å². The van der Waals surface area contributed by atoms with Crippen LogP contribution in [0.4, 0.5) is 0 Å². The van der Waals surface area contributed by atoms with Gasteiger partial charge in [0.05, 0.1) is 17.1 Å². The molecule has 2 aromatic heterocycles. The quantitative estimate of drug-likeness (QED) is 0.780. The molecule has 3 aromatic rings. The molecule has 5 heteroatoms. The molecule has 0 radical (unpaired) electrons. The van der Waals surface area contributed by atoms with Gasteiger partial charge in [0.1, 0.15) is 0 Å². The Bertz CT molecular complexity index is 785. The topological polar surface area (TPSA) is 57.8 Å². The van der Waals surface area contributed by atoms with Crippen molar-refractivity contribution in [3.8, 4) is 0 Å². The van der Waals surface area contributed by atoms with Gasteiger partial charge in [0.25, 0.3) is 5.91 Å². The van der Waals surface area contributed by atoms with E-state index in [1.807, 2.05) is 30.3 Å². The summed E-state index contributed by atoms with van der Waals surface area (Å²) in [6.45, 7) is 0.499. The molecule has 0 bridgehead atoms. The van der Waals surface area contributed by atoms with Crippen LogP contribution in [0.3, 0.4) is 0 Å². The van der Waals surface area contributed by atoms with E-state index in [1.54, 1.807) is 0 Å².